The van der Waals surface area contributed by atoms with Gasteiger partial charge in [0.25, 0.3) is 11.8 Å². The van der Waals surface area contributed by atoms with Crippen LogP contribution in [0.1, 0.15) is 64.7 Å². The lowest BCUT2D eigenvalue weighted by molar-refractivity contribution is -0.160. The molecule has 0 spiro atoms. The van der Waals surface area contributed by atoms with Crippen LogP contribution < -0.4 is 4.74 Å². The van der Waals surface area contributed by atoms with Crippen molar-refractivity contribution in [2.45, 2.75) is 69.6 Å². The molecule has 2 aliphatic rings. The number of likely N-dealkylation sites (tertiary alicyclic amines) is 1. The van der Waals surface area contributed by atoms with Crippen molar-refractivity contribution in [3.05, 3.63) is 80.3 Å². The number of carbonyl (C=O) groups is 2. The highest BCUT2D eigenvalue weighted by Crippen LogP contribution is 2.43. The average molecular weight is 660 g/mol. The standard InChI is InChI=1S/C30H28ClF6N3O3S/c1-2-5-23-28(43-21-15-24(44-17-21)30(35,36)37,27(42)39-13-9-18-14-20(31)8-7-19(18)16-39)10-4-12-40(23)26(41)25-22(29(32,33)34)6-3-11-38-25/h3,6-8,11,14-15,17,23H,2,4-5,9-10,12-13,16H2,1H3/t23-,28-/m0/s1. The van der Waals surface area contributed by atoms with Crippen LogP contribution in [0.5, 0.6) is 5.75 Å². The summed E-state index contributed by atoms with van der Waals surface area (Å²) in [7, 11) is 0. The van der Waals surface area contributed by atoms with Crippen LogP contribution in [0.15, 0.2) is 48.0 Å². The maximum absolute atomic E-state index is 14.6. The molecule has 0 aliphatic carbocycles. The molecule has 2 atom stereocenters. The molecule has 0 bridgehead atoms. The average Bonchev–Trinajstić information content (AvgIpc) is 3.46. The number of halogens is 7. The molecule has 6 nitrogen and oxygen atoms in total. The van der Waals surface area contributed by atoms with Gasteiger partial charge in [0.15, 0.2) is 0 Å². The lowest BCUT2D eigenvalue weighted by Crippen LogP contribution is -2.68. The van der Waals surface area contributed by atoms with Gasteiger partial charge in [-0.2, -0.15) is 26.3 Å². The van der Waals surface area contributed by atoms with Crippen LogP contribution in [0.3, 0.4) is 0 Å². The third-order valence-electron chi connectivity index (χ3n) is 7.98. The molecule has 1 fully saturated rings. The van der Waals surface area contributed by atoms with Gasteiger partial charge in [-0.3, -0.25) is 14.6 Å². The summed E-state index contributed by atoms with van der Waals surface area (Å²) in [6.07, 6.45) is -7.24. The van der Waals surface area contributed by atoms with Gasteiger partial charge in [0, 0.05) is 48.7 Å². The second-order valence-corrected chi connectivity index (χ2v) is 12.2. The van der Waals surface area contributed by atoms with E-state index in [1.165, 1.54) is 9.80 Å². The van der Waals surface area contributed by atoms with E-state index < -0.39 is 51.9 Å². The molecule has 1 aromatic carbocycles. The molecule has 0 N–H and O–H groups in total. The molecule has 2 aromatic heterocycles. The second kappa shape index (κ2) is 12.2. The zero-order valence-electron chi connectivity index (χ0n) is 23.5. The molecule has 236 valence electrons. The van der Waals surface area contributed by atoms with Gasteiger partial charge in [-0.15, -0.1) is 11.3 Å². The van der Waals surface area contributed by atoms with E-state index in [9.17, 15) is 35.9 Å². The summed E-state index contributed by atoms with van der Waals surface area (Å²) in [5.41, 5.74) is -2.13. The molecule has 44 heavy (non-hydrogen) atoms. The van der Waals surface area contributed by atoms with E-state index >= 15 is 0 Å². The van der Waals surface area contributed by atoms with Crippen molar-refractivity contribution < 1.29 is 40.7 Å². The molecule has 2 aliphatic heterocycles. The van der Waals surface area contributed by atoms with Crippen LogP contribution in [-0.4, -0.2) is 51.3 Å². The number of hydrogen-bond acceptors (Lipinski definition) is 5. The fourth-order valence-electron chi connectivity index (χ4n) is 6.04. The molecule has 0 unspecified atom stereocenters. The van der Waals surface area contributed by atoms with Gasteiger partial charge in [-0.1, -0.05) is 31.0 Å². The number of thiophene rings is 1. The number of pyridine rings is 1. The van der Waals surface area contributed by atoms with Crippen LogP contribution in [0.4, 0.5) is 26.3 Å². The van der Waals surface area contributed by atoms with Crippen LogP contribution in [0.25, 0.3) is 0 Å². The molecular weight excluding hydrogens is 632 g/mol. The van der Waals surface area contributed by atoms with Gasteiger partial charge in [-0.05, 0) is 54.7 Å². The first kappa shape index (κ1) is 32.1. The van der Waals surface area contributed by atoms with E-state index in [4.69, 9.17) is 16.3 Å². The van der Waals surface area contributed by atoms with Crippen molar-refractivity contribution in [3.63, 3.8) is 0 Å². The summed E-state index contributed by atoms with van der Waals surface area (Å²) in [5, 5.41) is 1.69. The highest BCUT2D eigenvalue weighted by atomic mass is 35.5. The predicted octanol–water partition coefficient (Wildman–Crippen LogP) is 7.64. The first-order chi connectivity index (χ1) is 20.7. The summed E-state index contributed by atoms with van der Waals surface area (Å²) in [6.45, 7) is 2.20. The Hall–Kier alpha value is -3.32. The van der Waals surface area contributed by atoms with Gasteiger partial charge in [0.05, 0.1) is 11.6 Å². The van der Waals surface area contributed by atoms with Crippen molar-refractivity contribution in [1.82, 2.24) is 14.8 Å². The fourth-order valence-corrected chi connectivity index (χ4v) is 6.91. The molecule has 2 amide bonds. The minimum atomic E-state index is -4.87. The van der Waals surface area contributed by atoms with Crippen LogP contribution in [-0.2, 0) is 30.1 Å². The third-order valence-corrected chi connectivity index (χ3v) is 9.17. The quantitative estimate of drug-likeness (QED) is 0.255. The van der Waals surface area contributed by atoms with E-state index in [0.29, 0.717) is 29.2 Å². The monoisotopic (exact) mass is 659 g/mol. The largest absolute Gasteiger partial charge is 0.474 e. The summed E-state index contributed by atoms with van der Waals surface area (Å²) in [4.78, 5) is 34.0. The number of alkyl halides is 6. The lowest BCUT2D eigenvalue weighted by atomic mass is 9.79. The topological polar surface area (TPSA) is 62.7 Å². The third kappa shape index (κ3) is 6.26. The Kier molecular flexibility index (Phi) is 8.92. The second-order valence-electron chi connectivity index (χ2n) is 10.8. The van der Waals surface area contributed by atoms with E-state index in [1.54, 1.807) is 25.1 Å². The smallest absolute Gasteiger partial charge is 0.425 e. The Morgan fingerprint density at radius 1 is 1.09 bits per heavy atom. The first-order valence-corrected chi connectivity index (χ1v) is 15.2. The number of piperidine rings is 1. The zero-order chi connectivity index (χ0) is 31.9. The minimum absolute atomic E-state index is 0.00846. The van der Waals surface area contributed by atoms with Crippen molar-refractivity contribution in [1.29, 1.82) is 0 Å². The number of nitrogens with zero attached hydrogens (tertiary/aromatic N) is 3. The van der Waals surface area contributed by atoms with E-state index in [2.05, 4.69) is 4.98 Å². The van der Waals surface area contributed by atoms with E-state index in [-0.39, 0.29) is 44.6 Å². The molecule has 0 saturated carbocycles. The Labute approximate surface area is 258 Å². The summed E-state index contributed by atoms with van der Waals surface area (Å²) >= 11 is 6.54. The number of fused-ring (bicyclic) bond motifs is 1. The number of benzene rings is 1. The molecule has 5 rings (SSSR count). The van der Waals surface area contributed by atoms with Crippen LogP contribution in [0, 0.1) is 0 Å². The summed E-state index contributed by atoms with van der Waals surface area (Å²) < 4.78 is 88.4. The molecule has 14 heteroatoms. The number of ether oxygens (including phenoxy) is 1. The Bertz CT molecular complexity index is 1540. The maximum Gasteiger partial charge on any atom is 0.425 e. The van der Waals surface area contributed by atoms with Crippen molar-refractivity contribution in [2.75, 3.05) is 13.1 Å². The minimum Gasteiger partial charge on any atom is -0.474 e. The summed E-state index contributed by atoms with van der Waals surface area (Å²) in [6, 6.07) is 6.83. The highest BCUT2D eigenvalue weighted by Gasteiger charge is 2.56. The van der Waals surface area contributed by atoms with Crippen LogP contribution in [0.2, 0.25) is 5.02 Å². The predicted molar refractivity (Wildman–Crippen MR) is 151 cm³/mol. The lowest BCUT2D eigenvalue weighted by Gasteiger charge is -2.50. The highest BCUT2D eigenvalue weighted by molar-refractivity contribution is 7.10. The number of amides is 2. The van der Waals surface area contributed by atoms with Gasteiger partial charge in [0.1, 0.15) is 16.3 Å². The maximum atomic E-state index is 14.6. The van der Waals surface area contributed by atoms with Gasteiger partial charge >= 0.3 is 12.4 Å². The Balaban J connectivity index is 1.58. The number of aromatic nitrogens is 1. The number of hydrogen-bond donors (Lipinski definition) is 0. The van der Waals surface area contributed by atoms with Gasteiger partial charge in [-0.25, -0.2) is 0 Å². The van der Waals surface area contributed by atoms with Gasteiger partial charge in [0.2, 0.25) is 5.60 Å². The SMILES string of the molecule is CCC[C@@H]1N(C(=O)c2ncccc2C(F)(F)F)CCC[C@@]1(Oc1csc(C(F)(F)F)c1)C(=O)N1CCc2cc(Cl)ccc2C1. The Morgan fingerprint density at radius 2 is 1.86 bits per heavy atom. The van der Waals surface area contributed by atoms with Gasteiger partial charge < -0.3 is 14.5 Å². The van der Waals surface area contributed by atoms with E-state index in [0.717, 1.165) is 40.9 Å². The zero-order valence-corrected chi connectivity index (χ0v) is 25.0. The normalized spacial score (nSPS) is 20.8. The van der Waals surface area contributed by atoms with Crippen molar-refractivity contribution in [3.8, 4) is 5.75 Å². The summed E-state index contributed by atoms with van der Waals surface area (Å²) in [5.74, 6) is -1.79. The molecule has 1 saturated heterocycles. The van der Waals surface area contributed by atoms with E-state index in [1.807, 2.05) is 0 Å². The number of carbonyl (C=O) groups excluding carboxylic acids is 2. The Morgan fingerprint density at radius 3 is 2.55 bits per heavy atom. The molecule has 3 aromatic rings. The molecule has 4 heterocycles. The first-order valence-electron chi connectivity index (χ1n) is 14.0. The van der Waals surface area contributed by atoms with Crippen molar-refractivity contribution in [2.24, 2.45) is 0 Å². The van der Waals surface area contributed by atoms with Crippen molar-refractivity contribution >= 4 is 34.8 Å². The fraction of sp³-hybridized carbons (Fsp3) is 0.433. The molecular formula is C30H28ClF6N3O3S. The van der Waals surface area contributed by atoms with Crippen LogP contribution >= 0.6 is 22.9 Å². The number of rotatable bonds is 6. The molecule has 0 radical (unpaired) electrons.